The lowest BCUT2D eigenvalue weighted by Gasteiger charge is -2.30. The van der Waals surface area contributed by atoms with Gasteiger partial charge in [0.25, 0.3) is 0 Å². The normalized spacial score (nSPS) is 31.6. The molecular formula is C16H24N2O. The van der Waals surface area contributed by atoms with Crippen LogP contribution in [-0.4, -0.2) is 43.2 Å². The first-order chi connectivity index (χ1) is 9.24. The number of fused-ring (bicyclic) bond motifs is 1. The van der Waals surface area contributed by atoms with Crippen molar-refractivity contribution in [3.05, 3.63) is 29.8 Å². The number of benzene rings is 1. The summed E-state index contributed by atoms with van der Waals surface area (Å²) in [6.45, 7) is 8.86. The number of hydrogen-bond acceptors (Lipinski definition) is 3. The predicted octanol–water partition coefficient (Wildman–Crippen LogP) is 2.23. The Morgan fingerprint density at radius 3 is 3.05 bits per heavy atom. The molecule has 1 fully saturated rings. The van der Waals surface area contributed by atoms with Crippen LogP contribution in [0.4, 0.5) is 0 Å². The largest absolute Gasteiger partial charge is 0.493 e. The average Bonchev–Trinajstić information content (AvgIpc) is 2.73. The molecule has 1 aromatic carbocycles. The Bertz CT molecular complexity index is 435. The van der Waals surface area contributed by atoms with Gasteiger partial charge >= 0.3 is 0 Å². The summed E-state index contributed by atoms with van der Waals surface area (Å²) in [5, 5.41) is 3.58. The topological polar surface area (TPSA) is 24.5 Å². The van der Waals surface area contributed by atoms with Crippen LogP contribution in [0.2, 0.25) is 0 Å². The summed E-state index contributed by atoms with van der Waals surface area (Å²) in [5.74, 6) is 1.62. The van der Waals surface area contributed by atoms with E-state index in [9.17, 15) is 0 Å². The van der Waals surface area contributed by atoms with Crippen LogP contribution in [0.5, 0.6) is 5.75 Å². The molecular weight excluding hydrogens is 236 g/mol. The predicted molar refractivity (Wildman–Crippen MR) is 77.8 cm³/mol. The van der Waals surface area contributed by atoms with Gasteiger partial charge < -0.3 is 10.1 Å². The Balaban J connectivity index is 1.71. The summed E-state index contributed by atoms with van der Waals surface area (Å²) < 4.78 is 5.80. The molecule has 3 nitrogen and oxygen atoms in total. The number of hydrogen-bond donors (Lipinski definition) is 1. The molecule has 0 radical (unpaired) electrons. The fourth-order valence-electron chi connectivity index (χ4n) is 3.24. The van der Waals surface area contributed by atoms with Gasteiger partial charge in [0, 0.05) is 36.7 Å². The van der Waals surface area contributed by atoms with E-state index in [0.29, 0.717) is 18.0 Å². The minimum Gasteiger partial charge on any atom is -0.493 e. The van der Waals surface area contributed by atoms with Gasteiger partial charge in [-0.15, -0.1) is 0 Å². The van der Waals surface area contributed by atoms with Crippen molar-refractivity contribution in [1.82, 2.24) is 10.2 Å². The number of ether oxygens (including phenoxy) is 1. The fraction of sp³-hybridized carbons (Fsp3) is 0.625. The van der Waals surface area contributed by atoms with Crippen molar-refractivity contribution in [2.45, 2.75) is 38.3 Å². The van der Waals surface area contributed by atoms with Gasteiger partial charge in [-0.1, -0.05) is 18.2 Å². The highest BCUT2D eigenvalue weighted by atomic mass is 16.5. The molecule has 2 aliphatic rings. The van der Waals surface area contributed by atoms with Crippen LogP contribution in [0.3, 0.4) is 0 Å². The van der Waals surface area contributed by atoms with Gasteiger partial charge in [-0.05, 0) is 32.9 Å². The minimum absolute atomic E-state index is 0.531. The Morgan fingerprint density at radius 2 is 2.16 bits per heavy atom. The van der Waals surface area contributed by atoms with Crippen LogP contribution in [0, 0.1) is 0 Å². The quantitative estimate of drug-likeness (QED) is 0.882. The van der Waals surface area contributed by atoms with E-state index in [0.717, 1.165) is 32.0 Å². The third-order valence-corrected chi connectivity index (χ3v) is 4.44. The third kappa shape index (κ3) is 2.77. The van der Waals surface area contributed by atoms with Gasteiger partial charge in [0.1, 0.15) is 5.75 Å². The Morgan fingerprint density at radius 1 is 1.32 bits per heavy atom. The first-order valence-electron chi connectivity index (χ1n) is 7.43. The summed E-state index contributed by atoms with van der Waals surface area (Å²) in [6.07, 6.45) is 1.24. The second-order valence-electron chi connectivity index (χ2n) is 5.99. The van der Waals surface area contributed by atoms with Crippen molar-refractivity contribution in [3.8, 4) is 5.75 Å². The van der Waals surface area contributed by atoms with Crippen molar-refractivity contribution in [2.75, 3.05) is 26.2 Å². The van der Waals surface area contributed by atoms with E-state index >= 15 is 0 Å². The molecule has 1 saturated heterocycles. The minimum atomic E-state index is 0.531. The van der Waals surface area contributed by atoms with Crippen LogP contribution in [0.25, 0.3) is 0 Å². The maximum atomic E-state index is 5.80. The molecule has 3 heteroatoms. The first-order valence-corrected chi connectivity index (χ1v) is 7.43. The van der Waals surface area contributed by atoms with Crippen molar-refractivity contribution >= 4 is 0 Å². The van der Waals surface area contributed by atoms with Crippen molar-refractivity contribution in [2.24, 2.45) is 0 Å². The molecule has 104 valence electrons. The molecule has 3 unspecified atom stereocenters. The molecule has 3 rings (SSSR count). The highest BCUT2D eigenvalue weighted by molar-refractivity contribution is 5.39. The highest BCUT2D eigenvalue weighted by Gasteiger charge is 2.29. The highest BCUT2D eigenvalue weighted by Crippen LogP contribution is 2.34. The molecule has 2 aliphatic heterocycles. The number of para-hydroxylation sites is 1. The van der Waals surface area contributed by atoms with E-state index < -0.39 is 0 Å². The van der Waals surface area contributed by atoms with Gasteiger partial charge in [0.2, 0.25) is 0 Å². The van der Waals surface area contributed by atoms with Gasteiger partial charge in [-0.3, -0.25) is 4.90 Å². The second kappa shape index (κ2) is 5.51. The average molecular weight is 260 g/mol. The van der Waals surface area contributed by atoms with Crippen LogP contribution < -0.4 is 10.1 Å². The number of rotatable bonds is 2. The Hall–Kier alpha value is -1.06. The van der Waals surface area contributed by atoms with Gasteiger partial charge in [0.15, 0.2) is 0 Å². The van der Waals surface area contributed by atoms with Gasteiger partial charge in [-0.25, -0.2) is 0 Å². The van der Waals surface area contributed by atoms with Crippen molar-refractivity contribution in [1.29, 1.82) is 0 Å². The van der Waals surface area contributed by atoms with E-state index in [-0.39, 0.29) is 0 Å². The van der Waals surface area contributed by atoms with Gasteiger partial charge in [-0.2, -0.15) is 0 Å². The van der Waals surface area contributed by atoms with E-state index in [1.54, 1.807) is 0 Å². The second-order valence-corrected chi connectivity index (χ2v) is 5.99. The number of nitrogens with zero attached hydrogens (tertiary/aromatic N) is 1. The van der Waals surface area contributed by atoms with Crippen molar-refractivity contribution < 1.29 is 4.74 Å². The molecule has 0 amide bonds. The monoisotopic (exact) mass is 260 g/mol. The molecule has 19 heavy (non-hydrogen) atoms. The van der Waals surface area contributed by atoms with E-state index in [2.05, 4.69) is 48.3 Å². The fourth-order valence-corrected chi connectivity index (χ4v) is 3.24. The third-order valence-electron chi connectivity index (χ3n) is 4.44. The van der Waals surface area contributed by atoms with Crippen LogP contribution in [0.15, 0.2) is 24.3 Å². The zero-order valence-electron chi connectivity index (χ0n) is 11.9. The number of nitrogens with one attached hydrogen (secondary N) is 1. The molecule has 0 bridgehead atoms. The van der Waals surface area contributed by atoms with E-state index in [1.165, 1.54) is 12.0 Å². The summed E-state index contributed by atoms with van der Waals surface area (Å²) >= 11 is 0. The molecule has 1 aromatic rings. The molecule has 0 aliphatic carbocycles. The lowest BCUT2D eigenvalue weighted by molar-refractivity contribution is 0.183. The standard InChI is InChI=1S/C16H24N2O/c1-12-9-18(13(2)7-8-17-12)10-14-11-19-16-6-4-3-5-15(14)16/h3-6,12-14,17H,7-11H2,1-2H3. The maximum absolute atomic E-state index is 5.80. The van der Waals surface area contributed by atoms with Crippen LogP contribution >= 0.6 is 0 Å². The van der Waals surface area contributed by atoms with Crippen LogP contribution in [0.1, 0.15) is 31.7 Å². The molecule has 1 N–H and O–H groups in total. The zero-order chi connectivity index (χ0) is 13.2. The summed E-state index contributed by atoms with van der Waals surface area (Å²) in [7, 11) is 0. The molecule has 3 atom stereocenters. The SMILES string of the molecule is CC1CN(CC2COc3ccccc32)C(C)CCN1. The van der Waals surface area contributed by atoms with E-state index in [1.807, 2.05) is 0 Å². The smallest absolute Gasteiger partial charge is 0.122 e. The van der Waals surface area contributed by atoms with Crippen LogP contribution in [-0.2, 0) is 0 Å². The summed E-state index contributed by atoms with van der Waals surface area (Å²) in [4.78, 5) is 2.63. The summed E-state index contributed by atoms with van der Waals surface area (Å²) in [6, 6.07) is 9.73. The molecule has 2 heterocycles. The zero-order valence-corrected chi connectivity index (χ0v) is 11.9. The molecule has 0 saturated carbocycles. The maximum Gasteiger partial charge on any atom is 0.122 e. The molecule has 0 spiro atoms. The molecule has 0 aromatic heterocycles. The summed E-state index contributed by atoms with van der Waals surface area (Å²) in [5.41, 5.74) is 1.39. The Kier molecular flexibility index (Phi) is 3.76. The lowest BCUT2D eigenvalue weighted by Crippen LogP contribution is -2.41. The first kappa shape index (κ1) is 12.9. The van der Waals surface area contributed by atoms with Crippen molar-refractivity contribution in [3.63, 3.8) is 0 Å². The lowest BCUT2D eigenvalue weighted by atomic mass is 9.99. The van der Waals surface area contributed by atoms with E-state index in [4.69, 9.17) is 4.74 Å². The van der Waals surface area contributed by atoms with Gasteiger partial charge in [0.05, 0.1) is 6.61 Å². The Labute approximate surface area is 115 Å².